The maximum atomic E-state index is 12.4. The number of likely N-dealkylation sites (N-methyl/N-ethyl adjacent to an activating group) is 1. The van der Waals surface area contributed by atoms with Crippen LogP contribution >= 0.6 is 0 Å². The van der Waals surface area contributed by atoms with Crippen LogP contribution in [0.4, 0.5) is 0 Å². The molecule has 0 spiro atoms. The first kappa shape index (κ1) is 17.1. The van der Waals surface area contributed by atoms with Gasteiger partial charge in [0.05, 0.1) is 11.5 Å². The van der Waals surface area contributed by atoms with Crippen molar-refractivity contribution in [1.82, 2.24) is 9.62 Å². The second-order valence-corrected chi connectivity index (χ2v) is 7.09. The summed E-state index contributed by atoms with van der Waals surface area (Å²) in [4.78, 5) is 2.19. The van der Waals surface area contributed by atoms with Gasteiger partial charge in [0.25, 0.3) is 0 Å². The molecule has 0 aromatic heterocycles. The standard InChI is InChI=1S/C14H24N2O3S/c1-10-6-13(9-17)7-14(12(10)3)20(18,19)15-8-11(2)16(4)5/h6-7,11,15,17H,8-9H2,1-5H3. The molecule has 0 fully saturated rings. The molecule has 1 unspecified atom stereocenters. The maximum Gasteiger partial charge on any atom is 0.240 e. The maximum absolute atomic E-state index is 12.4. The Morgan fingerprint density at radius 1 is 1.30 bits per heavy atom. The number of aliphatic hydroxyl groups excluding tert-OH is 1. The van der Waals surface area contributed by atoms with E-state index in [0.717, 1.165) is 5.56 Å². The molecule has 0 aliphatic carbocycles. The fourth-order valence-corrected chi connectivity index (χ4v) is 3.25. The second-order valence-electron chi connectivity index (χ2n) is 5.36. The van der Waals surface area contributed by atoms with Gasteiger partial charge in [0.15, 0.2) is 0 Å². The highest BCUT2D eigenvalue weighted by molar-refractivity contribution is 7.89. The third kappa shape index (κ3) is 4.02. The summed E-state index contributed by atoms with van der Waals surface area (Å²) in [5, 5.41) is 9.21. The highest BCUT2D eigenvalue weighted by atomic mass is 32.2. The van der Waals surface area contributed by atoms with E-state index in [-0.39, 0.29) is 17.5 Å². The van der Waals surface area contributed by atoms with Crippen molar-refractivity contribution in [2.24, 2.45) is 0 Å². The van der Waals surface area contributed by atoms with Gasteiger partial charge in [-0.3, -0.25) is 0 Å². The largest absolute Gasteiger partial charge is 0.392 e. The average Bonchev–Trinajstić information content (AvgIpc) is 2.38. The number of hydrogen-bond acceptors (Lipinski definition) is 4. The van der Waals surface area contributed by atoms with Crippen molar-refractivity contribution in [2.45, 2.75) is 38.3 Å². The summed E-state index contributed by atoms with van der Waals surface area (Å²) in [5.41, 5.74) is 2.18. The molecule has 1 aromatic rings. The predicted molar refractivity (Wildman–Crippen MR) is 80.2 cm³/mol. The number of aliphatic hydroxyl groups is 1. The van der Waals surface area contributed by atoms with Gasteiger partial charge < -0.3 is 10.0 Å². The molecular weight excluding hydrogens is 276 g/mol. The summed E-state index contributed by atoms with van der Waals surface area (Å²) in [5.74, 6) is 0. The van der Waals surface area contributed by atoms with Crippen molar-refractivity contribution in [3.8, 4) is 0 Å². The predicted octanol–water partition coefficient (Wildman–Crippen LogP) is 1.02. The molecule has 0 bridgehead atoms. The van der Waals surface area contributed by atoms with Crippen molar-refractivity contribution < 1.29 is 13.5 Å². The molecule has 1 atom stereocenters. The van der Waals surface area contributed by atoms with Gasteiger partial charge in [0.1, 0.15) is 0 Å². The Hall–Kier alpha value is -0.950. The van der Waals surface area contributed by atoms with Gasteiger partial charge in [-0.15, -0.1) is 0 Å². The molecule has 114 valence electrons. The van der Waals surface area contributed by atoms with Gasteiger partial charge in [0.2, 0.25) is 10.0 Å². The van der Waals surface area contributed by atoms with Crippen molar-refractivity contribution in [1.29, 1.82) is 0 Å². The van der Waals surface area contributed by atoms with Crippen molar-refractivity contribution in [3.05, 3.63) is 28.8 Å². The van der Waals surface area contributed by atoms with Crippen LogP contribution in [0.2, 0.25) is 0 Å². The summed E-state index contributed by atoms with van der Waals surface area (Å²) in [6.07, 6.45) is 0. The molecule has 0 saturated heterocycles. The highest BCUT2D eigenvalue weighted by Crippen LogP contribution is 2.21. The number of nitrogens with one attached hydrogen (secondary N) is 1. The van der Waals surface area contributed by atoms with Crippen LogP contribution < -0.4 is 4.72 Å². The first-order valence-electron chi connectivity index (χ1n) is 6.56. The number of sulfonamides is 1. The van der Waals surface area contributed by atoms with Crippen molar-refractivity contribution >= 4 is 10.0 Å². The summed E-state index contributed by atoms with van der Waals surface area (Å²) >= 11 is 0. The lowest BCUT2D eigenvalue weighted by molar-refractivity contribution is 0.281. The molecule has 0 aliphatic heterocycles. The number of benzene rings is 1. The van der Waals surface area contributed by atoms with Crippen LogP contribution in [0.1, 0.15) is 23.6 Å². The minimum Gasteiger partial charge on any atom is -0.392 e. The lowest BCUT2D eigenvalue weighted by Gasteiger charge is -2.20. The quantitative estimate of drug-likeness (QED) is 0.823. The Bertz CT molecular complexity index is 568. The lowest BCUT2D eigenvalue weighted by Crippen LogP contribution is -2.38. The van der Waals surface area contributed by atoms with Gasteiger partial charge in [0, 0.05) is 12.6 Å². The average molecular weight is 300 g/mol. The van der Waals surface area contributed by atoms with E-state index in [1.54, 1.807) is 13.0 Å². The van der Waals surface area contributed by atoms with Crippen LogP contribution in [0.3, 0.4) is 0 Å². The van der Waals surface area contributed by atoms with E-state index in [0.29, 0.717) is 17.7 Å². The van der Waals surface area contributed by atoms with Crippen molar-refractivity contribution in [2.75, 3.05) is 20.6 Å². The van der Waals surface area contributed by atoms with Crippen LogP contribution in [0.15, 0.2) is 17.0 Å². The zero-order valence-corrected chi connectivity index (χ0v) is 13.6. The van der Waals surface area contributed by atoms with Crippen LogP contribution in [0.25, 0.3) is 0 Å². The minimum absolute atomic E-state index is 0.104. The third-order valence-corrected chi connectivity index (χ3v) is 5.15. The topological polar surface area (TPSA) is 69.6 Å². The normalized spacial score (nSPS) is 13.8. The van der Waals surface area contributed by atoms with Crippen LogP contribution in [0, 0.1) is 13.8 Å². The van der Waals surface area contributed by atoms with Gasteiger partial charge in [-0.1, -0.05) is 6.07 Å². The van der Waals surface area contributed by atoms with E-state index in [2.05, 4.69) is 4.72 Å². The van der Waals surface area contributed by atoms with E-state index >= 15 is 0 Å². The molecule has 20 heavy (non-hydrogen) atoms. The van der Waals surface area contributed by atoms with E-state index in [4.69, 9.17) is 0 Å². The number of aryl methyl sites for hydroxylation is 1. The van der Waals surface area contributed by atoms with Crippen LogP contribution in [0.5, 0.6) is 0 Å². The first-order chi connectivity index (χ1) is 9.19. The Labute approximate surface area is 121 Å². The van der Waals surface area contributed by atoms with Crippen LogP contribution in [-0.4, -0.2) is 45.1 Å². The molecule has 0 radical (unpaired) electrons. The smallest absolute Gasteiger partial charge is 0.240 e. The summed E-state index contributed by atoms with van der Waals surface area (Å²) in [6.45, 7) is 5.75. The van der Waals surface area contributed by atoms with Gasteiger partial charge in [-0.25, -0.2) is 13.1 Å². The monoisotopic (exact) mass is 300 g/mol. The minimum atomic E-state index is -3.56. The van der Waals surface area contributed by atoms with Gasteiger partial charge in [-0.2, -0.15) is 0 Å². The molecule has 0 saturated carbocycles. The summed E-state index contributed by atoms with van der Waals surface area (Å²) in [7, 11) is 0.245. The van der Waals surface area contributed by atoms with Gasteiger partial charge in [-0.05, 0) is 57.6 Å². The van der Waals surface area contributed by atoms with Gasteiger partial charge >= 0.3 is 0 Å². The van der Waals surface area contributed by atoms with E-state index in [1.165, 1.54) is 6.07 Å². The number of rotatable bonds is 6. The Morgan fingerprint density at radius 2 is 1.90 bits per heavy atom. The third-order valence-electron chi connectivity index (χ3n) is 3.60. The molecule has 1 rings (SSSR count). The molecule has 6 heteroatoms. The van der Waals surface area contributed by atoms with E-state index < -0.39 is 10.0 Å². The number of hydrogen-bond donors (Lipinski definition) is 2. The summed E-state index contributed by atoms with van der Waals surface area (Å²) < 4.78 is 27.4. The SMILES string of the molecule is Cc1cc(CO)cc(S(=O)(=O)NCC(C)N(C)C)c1C. The van der Waals surface area contributed by atoms with E-state index in [9.17, 15) is 13.5 Å². The number of nitrogens with zero attached hydrogens (tertiary/aromatic N) is 1. The first-order valence-corrected chi connectivity index (χ1v) is 8.04. The molecule has 1 aromatic carbocycles. The molecular formula is C14H24N2O3S. The van der Waals surface area contributed by atoms with E-state index in [1.807, 2.05) is 32.8 Å². The Kier molecular flexibility index (Phi) is 5.70. The Balaban J connectivity index is 3.06. The fourth-order valence-electron chi connectivity index (χ4n) is 1.76. The molecule has 2 N–H and O–H groups in total. The Morgan fingerprint density at radius 3 is 2.40 bits per heavy atom. The molecule has 0 heterocycles. The lowest BCUT2D eigenvalue weighted by atomic mass is 10.1. The fraction of sp³-hybridized carbons (Fsp3) is 0.571. The van der Waals surface area contributed by atoms with Crippen molar-refractivity contribution in [3.63, 3.8) is 0 Å². The zero-order chi connectivity index (χ0) is 15.5. The highest BCUT2D eigenvalue weighted by Gasteiger charge is 2.20. The molecule has 5 nitrogen and oxygen atoms in total. The summed E-state index contributed by atoms with van der Waals surface area (Å²) in [6, 6.07) is 3.44. The van der Waals surface area contributed by atoms with Crippen LogP contribution in [-0.2, 0) is 16.6 Å². The molecule has 0 aliphatic rings. The second kappa shape index (κ2) is 6.67. The molecule has 0 amide bonds. The zero-order valence-electron chi connectivity index (χ0n) is 12.8.